The number of aromatic nitrogens is 4. The van der Waals surface area contributed by atoms with Gasteiger partial charge in [-0.15, -0.1) is 0 Å². The smallest absolute Gasteiger partial charge is 0.265 e. The van der Waals surface area contributed by atoms with Crippen molar-refractivity contribution in [3.8, 4) is 0 Å². The van der Waals surface area contributed by atoms with E-state index in [1.54, 1.807) is 31.5 Å². The lowest BCUT2D eigenvalue weighted by atomic mass is 10.2. The highest BCUT2D eigenvalue weighted by Crippen LogP contribution is 2.27. The fraction of sp³-hybridized carbons (Fsp3) is 0.333. The minimum absolute atomic E-state index is 0.0900. The molecule has 0 radical (unpaired) electrons. The summed E-state index contributed by atoms with van der Waals surface area (Å²) in [7, 11) is -3.84. The summed E-state index contributed by atoms with van der Waals surface area (Å²) in [5.41, 5.74) is 2.10. The van der Waals surface area contributed by atoms with E-state index in [4.69, 9.17) is 11.6 Å². The number of hydrogen-bond acceptors (Lipinski definition) is 4. The molecule has 0 aliphatic rings. The van der Waals surface area contributed by atoms with E-state index in [0.717, 1.165) is 0 Å². The second-order valence-corrected chi connectivity index (χ2v) is 8.50. The average Bonchev–Trinajstić information content (AvgIpc) is 3.13. The molecule has 0 atom stereocenters. The molecule has 0 bridgehead atoms. The van der Waals surface area contributed by atoms with Gasteiger partial charge in [0.15, 0.2) is 0 Å². The molecule has 1 aromatic carbocycles. The van der Waals surface area contributed by atoms with E-state index in [1.165, 1.54) is 23.0 Å². The van der Waals surface area contributed by atoms with Crippen molar-refractivity contribution in [3.05, 3.63) is 57.9 Å². The fourth-order valence-corrected chi connectivity index (χ4v) is 4.53. The second-order valence-electron chi connectivity index (χ2n) is 6.44. The quantitative estimate of drug-likeness (QED) is 0.653. The normalized spacial score (nSPS) is 11.8. The Labute approximate surface area is 168 Å². The number of rotatable bonds is 6. The van der Waals surface area contributed by atoms with Gasteiger partial charge < -0.3 is 0 Å². The summed E-state index contributed by atoms with van der Waals surface area (Å²) in [6, 6.07) is 4.45. The van der Waals surface area contributed by atoms with Gasteiger partial charge in [0.25, 0.3) is 10.0 Å². The van der Waals surface area contributed by atoms with Crippen LogP contribution in [0, 0.1) is 26.6 Å². The third kappa shape index (κ3) is 3.77. The standard InChI is InChI=1S/C18H21ClFN5O2S/c1-5-24-10-17(11(2)21-24)28(26,27)23-18-12(3)22-25(13(18)4)9-14-15(19)7-6-8-16(14)20/h6-8,10,23H,5,9H2,1-4H3. The summed E-state index contributed by atoms with van der Waals surface area (Å²) < 4.78 is 45.5. The fourth-order valence-electron chi connectivity index (χ4n) is 2.95. The third-order valence-corrected chi connectivity index (χ3v) is 6.31. The molecule has 3 rings (SSSR count). The zero-order chi connectivity index (χ0) is 20.6. The number of sulfonamides is 1. The van der Waals surface area contributed by atoms with Gasteiger partial charge in [-0.25, -0.2) is 12.8 Å². The Bertz CT molecular complexity index is 1120. The molecular weight excluding hydrogens is 405 g/mol. The summed E-state index contributed by atoms with van der Waals surface area (Å²) in [5.74, 6) is -0.440. The van der Waals surface area contributed by atoms with Gasteiger partial charge in [-0.2, -0.15) is 10.2 Å². The molecule has 0 aliphatic heterocycles. The van der Waals surface area contributed by atoms with Gasteiger partial charge in [0.2, 0.25) is 0 Å². The Balaban J connectivity index is 1.95. The van der Waals surface area contributed by atoms with Crippen molar-refractivity contribution in [3.63, 3.8) is 0 Å². The van der Waals surface area contributed by atoms with Crippen LogP contribution in [-0.2, 0) is 23.1 Å². The number of aryl methyl sites for hydroxylation is 3. The maximum atomic E-state index is 14.1. The van der Waals surface area contributed by atoms with Crippen LogP contribution < -0.4 is 4.72 Å². The van der Waals surface area contributed by atoms with Gasteiger partial charge in [0, 0.05) is 23.3 Å². The maximum Gasteiger partial charge on any atom is 0.265 e. The van der Waals surface area contributed by atoms with E-state index >= 15 is 0 Å². The van der Waals surface area contributed by atoms with E-state index in [2.05, 4.69) is 14.9 Å². The first-order chi connectivity index (χ1) is 13.1. The summed E-state index contributed by atoms with van der Waals surface area (Å²) in [6.07, 6.45) is 1.49. The van der Waals surface area contributed by atoms with Crippen LogP contribution in [0.3, 0.4) is 0 Å². The van der Waals surface area contributed by atoms with E-state index in [1.807, 2.05) is 6.92 Å². The Morgan fingerprint density at radius 1 is 1.18 bits per heavy atom. The molecule has 0 aliphatic carbocycles. The van der Waals surface area contributed by atoms with Gasteiger partial charge in [0.05, 0.1) is 29.3 Å². The van der Waals surface area contributed by atoms with Crippen molar-refractivity contribution in [1.29, 1.82) is 0 Å². The molecule has 1 N–H and O–H groups in total. The number of hydrogen-bond donors (Lipinski definition) is 1. The molecule has 2 aromatic heterocycles. The largest absolute Gasteiger partial charge is 0.276 e. The van der Waals surface area contributed by atoms with E-state index in [9.17, 15) is 12.8 Å². The first-order valence-electron chi connectivity index (χ1n) is 8.67. The molecule has 0 spiro atoms. The number of halogens is 2. The Morgan fingerprint density at radius 2 is 1.89 bits per heavy atom. The minimum Gasteiger partial charge on any atom is -0.276 e. The molecule has 3 aromatic rings. The summed E-state index contributed by atoms with van der Waals surface area (Å²) in [6.45, 7) is 7.58. The van der Waals surface area contributed by atoms with Crippen LogP contribution in [0.2, 0.25) is 5.02 Å². The summed E-state index contributed by atoms with van der Waals surface area (Å²) in [4.78, 5) is 0.109. The number of nitrogens with zero attached hydrogens (tertiary/aromatic N) is 4. The van der Waals surface area contributed by atoms with Crippen molar-refractivity contribution in [2.24, 2.45) is 0 Å². The van der Waals surface area contributed by atoms with Gasteiger partial charge in [-0.3, -0.25) is 14.1 Å². The predicted octanol–water partition coefficient (Wildman–Crippen LogP) is 3.67. The van der Waals surface area contributed by atoms with E-state index in [0.29, 0.717) is 34.9 Å². The molecule has 7 nitrogen and oxygen atoms in total. The molecule has 150 valence electrons. The highest BCUT2D eigenvalue weighted by molar-refractivity contribution is 7.92. The average molecular weight is 426 g/mol. The second kappa shape index (κ2) is 7.56. The van der Waals surface area contributed by atoms with E-state index < -0.39 is 15.8 Å². The molecule has 0 saturated heterocycles. The Kier molecular flexibility index (Phi) is 5.49. The van der Waals surface area contributed by atoms with E-state index in [-0.39, 0.29) is 16.5 Å². The third-order valence-electron chi connectivity index (χ3n) is 4.50. The molecule has 0 fully saturated rings. The van der Waals surface area contributed by atoms with Crippen LogP contribution in [-0.4, -0.2) is 28.0 Å². The van der Waals surface area contributed by atoms with Crippen LogP contribution in [0.5, 0.6) is 0 Å². The summed E-state index contributed by atoms with van der Waals surface area (Å²) >= 11 is 6.10. The zero-order valence-electron chi connectivity index (χ0n) is 16.0. The maximum absolute atomic E-state index is 14.1. The molecule has 2 heterocycles. The topological polar surface area (TPSA) is 81.8 Å². The van der Waals surface area contributed by atoms with Crippen molar-refractivity contribution < 1.29 is 12.8 Å². The monoisotopic (exact) mass is 425 g/mol. The van der Waals surface area contributed by atoms with Gasteiger partial charge in [0.1, 0.15) is 10.7 Å². The molecular formula is C18H21ClFN5O2S. The van der Waals surface area contributed by atoms with Gasteiger partial charge >= 0.3 is 0 Å². The number of benzene rings is 1. The number of nitrogens with one attached hydrogen (secondary N) is 1. The first kappa shape index (κ1) is 20.3. The lowest BCUT2D eigenvalue weighted by Gasteiger charge is -2.10. The van der Waals surface area contributed by atoms with Crippen molar-refractivity contribution in [2.45, 2.75) is 45.7 Å². The van der Waals surface area contributed by atoms with Crippen molar-refractivity contribution >= 4 is 27.3 Å². The first-order valence-corrected chi connectivity index (χ1v) is 10.5. The zero-order valence-corrected chi connectivity index (χ0v) is 17.6. The van der Waals surface area contributed by atoms with Crippen molar-refractivity contribution in [1.82, 2.24) is 19.6 Å². The van der Waals surface area contributed by atoms with Gasteiger partial charge in [-0.05, 0) is 39.8 Å². The van der Waals surface area contributed by atoms with Crippen LogP contribution in [0.15, 0.2) is 29.3 Å². The molecule has 0 amide bonds. The van der Waals surface area contributed by atoms with Crippen LogP contribution in [0.4, 0.5) is 10.1 Å². The SMILES string of the molecule is CCn1cc(S(=O)(=O)Nc2c(C)nn(Cc3c(F)cccc3Cl)c2C)c(C)n1. The van der Waals surface area contributed by atoms with Gasteiger partial charge in [-0.1, -0.05) is 17.7 Å². The molecule has 10 heteroatoms. The lowest BCUT2D eigenvalue weighted by molar-refractivity contribution is 0.579. The highest BCUT2D eigenvalue weighted by atomic mass is 35.5. The lowest BCUT2D eigenvalue weighted by Crippen LogP contribution is -2.15. The predicted molar refractivity (Wildman–Crippen MR) is 106 cm³/mol. The summed E-state index contributed by atoms with van der Waals surface area (Å²) in [5, 5.41) is 8.82. The van der Waals surface area contributed by atoms with Crippen LogP contribution >= 0.6 is 11.6 Å². The molecule has 28 heavy (non-hydrogen) atoms. The molecule has 0 saturated carbocycles. The Morgan fingerprint density at radius 3 is 2.50 bits per heavy atom. The minimum atomic E-state index is -3.84. The van der Waals surface area contributed by atoms with Crippen LogP contribution in [0.25, 0.3) is 0 Å². The molecule has 0 unspecified atom stereocenters. The number of anilines is 1. The Hall–Kier alpha value is -2.39. The highest BCUT2D eigenvalue weighted by Gasteiger charge is 2.24. The van der Waals surface area contributed by atoms with Crippen molar-refractivity contribution in [2.75, 3.05) is 4.72 Å². The van der Waals surface area contributed by atoms with Crippen LogP contribution in [0.1, 0.15) is 29.6 Å².